The minimum Gasteiger partial charge on any atom is -0.469 e. The van der Waals surface area contributed by atoms with E-state index in [0.29, 0.717) is 0 Å². The molecule has 0 spiro atoms. The van der Waals surface area contributed by atoms with Gasteiger partial charge in [0, 0.05) is 4.88 Å². The number of esters is 1. The van der Waals surface area contributed by atoms with Crippen LogP contribution in [-0.4, -0.2) is 20.9 Å². The summed E-state index contributed by atoms with van der Waals surface area (Å²) in [5, 5.41) is 1.87. The smallest absolute Gasteiger partial charge is 0.304 e. The lowest BCUT2D eigenvalue weighted by molar-refractivity contribution is -0.140. The van der Waals surface area contributed by atoms with Gasteiger partial charge in [0.25, 0.3) is 0 Å². The Labute approximate surface area is 70.6 Å². The largest absolute Gasteiger partial charge is 0.469 e. The summed E-state index contributed by atoms with van der Waals surface area (Å²) in [6.45, 7) is 0. The predicted octanol–water partition coefficient (Wildman–Crippen LogP) is 1.13. The highest BCUT2D eigenvalue weighted by atomic mass is 32.1. The molecule has 1 rings (SSSR count). The number of ether oxygens (including phenoxy) is 1. The SMILES string of the molecule is [B]C(C(=O)OC)c1cccs1. The lowest BCUT2D eigenvalue weighted by Gasteiger charge is -2.05. The van der Waals surface area contributed by atoms with E-state index in [1.165, 1.54) is 18.4 Å². The van der Waals surface area contributed by atoms with Crippen LogP contribution in [0.3, 0.4) is 0 Å². The van der Waals surface area contributed by atoms with Gasteiger partial charge >= 0.3 is 5.97 Å². The van der Waals surface area contributed by atoms with Crippen molar-refractivity contribution < 1.29 is 9.53 Å². The molecule has 0 amide bonds. The van der Waals surface area contributed by atoms with Crippen molar-refractivity contribution in [3.63, 3.8) is 0 Å². The van der Waals surface area contributed by atoms with Gasteiger partial charge in [-0.3, -0.25) is 4.79 Å². The van der Waals surface area contributed by atoms with Gasteiger partial charge in [-0.1, -0.05) is 6.07 Å². The van der Waals surface area contributed by atoms with Crippen LogP contribution in [0.15, 0.2) is 17.5 Å². The summed E-state index contributed by atoms with van der Waals surface area (Å²) in [4.78, 5) is 11.7. The van der Waals surface area contributed by atoms with Crippen molar-refractivity contribution in [3.05, 3.63) is 22.4 Å². The lowest BCUT2D eigenvalue weighted by Crippen LogP contribution is -2.12. The summed E-state index contributed by atoms with van der Waals surface area (Å²) in [6.07, 6.45) is 0. The van der Waals surface area contributed by atoms with E-state index in [9.17, 15) is 4.79 Å². The molecule has 0 N–H and O–H groups in total. The monoisotopic (exact) mass is 166 g/mol. The zero-order valence-electron chi connectivity index (χ0n) is 6.11. The zero-order chi connectivity index (χ0) is 8.27. The number of methoxy groups -OCH3 is 1. The van der Waals surface area contributed by atoms with Crippen molar-refractivity contribution >= 4 is 25.2 Å². The molecule has 1 aromatic rings. The summed E-state index contributed by atoms with van der Waals surface area (Å²) in [6, 6.07) is 3.66. The second kappa shape index (κ2) is 3.58. The molecular weight excluding hydrogens is 159 g/mol. The highest BCUT2D eigenvalue weighted by Gasteiger charge is 2.14. The van der Waals surface area contributed by atoms with Gasteiger partial charge in [0.2, 0.25) is 0 Å². The number of carbonyl (C=O) groups excluding carboxylic acids is 1. The maximum absolute atomic E-state index is 10.9. The van der Waals surface area contributed by atoms with Crippen molar-refractivity contribution in [3.8, 4) is 0 Å². The predicted molar refractivity (Wildman–Crippen MR) is 44.8 cm³/mol. The van der Waals surface area contributed by atoms with E-state index >= 15 is 0 Å². The Hall–Kier alpha value is -0.765. The van der Waals surface area contributed by atoms with E-state index in [1.54, 1.807) is 0 Å². The molecule has 4 heteroatoms. The van der Waals surface area contributed by atoms with Crippen LogP contribution in [0, 0.1) is 0 Å². The minimum absolute atomic E-state index is 0.396. The van der Waals surface area contributed by atoms with Crippen molar-refractivity contribution in [1.29, 1.82) is 0 Å². The zero-order valence-corrected chi connectivity index (χ0v) is 6.93. The van der Waals surface area contributed by atoms with E-state index in [1.807, 2.05) is 17.5 Å². The highest BCUT2D eigenvalue weighted by molar-refractivity contribution is 7.10. The molecule has 1 unspecified atom stereocenters. The summed E-state index contributed by atoms with van der Waals surface area (Å²) in [5.41, 5.74) is 0. The molecule has 56 valence electrons. The first-order valence-electron chi connectivity index (χ1n) is 3.12. The Bertz CT molecular complexity index is 233. The molecular formula is C7H7BO2S. The molecule has 0 saturated heterocycles. The molecule has 11 heavy (non-hydrogen) atoms. The molecule has 0 bridgehead atoms. The standard InChI is InChI=1S/C7H7BO2S/c1-10-7(9)6(8)5-3-2-4-11-5/h2-4,6H,1H3. The molecule has 0 saturated carbocycles. The van der Waals surface area contributed by atoms with Gasteiger partial charge in [-0.05, 0) is 11.4 Å². The number of rotatable bonds is 2. The van der Waals surface area contributed by atoms with Crippen LogP contribution in [0.4, 0.5) is 0 Å². The summed E-state index contributed by atoms with van der Waals surface area (Å²) in [7, 11) is 6.86. The quantitative estimate of drug-likeness (QED) is 0.486. The van der Waals surface area contributed by atoms with E-state index in [2.05, 4.69) is 4.74 Å². The van der Waals surface area contributed by atoms with Gasteiger partial charge in [0.05, 0.1) is 20.8 Å². The molecule has 1 atom stereocenters. The third kappa shape index (κ3) is 1.83. The maximum Gasteiger partial charge on any atom is 0.304 e. The Balaban J connectivity index is 2.70. The first-order valence-corrected chi connectivity index (χ1v) is 4.00. The number of hydrogen-bond acceptors (Lipinski definition) is 3. The number of thiophene rings is 1. The van der Waals surface area contributed by atoms with Crippen LogP contribution in [0.5, 0.6) is 0 Å². The molecule has 1 heterocycles. The van der Waals surface area contributed by atoms with Gasteiger partial charge in [-0.15, -0.1) is 11.3 Å². The third-order valence-electron chi connectivity index (χ3n) is 1.30. The van der Waals surface area contributed by atoms with Gasteiger partial charge < -0.3 is 4.74 Å². The Morgan fingerprint density at radius 2 is 2.55 bits per heavy atom. The molecule has 0 aliphatic heterocycles. The average Bonchev–Trinajstić information content (AvgIpc) is 2.53. The lowest BCUT2D eigenvalue weighted by atomic mass is 9.86. The minimum atomic E-state index is -0.625. The summed E-state index contributed by atoms with van der Waals surface area (Å²) in [5.74, 6) is -1.02. The van der Waals surface area contributed by atoms with E-state index in [-0.39, 0.29) is 0 Å². The number of carbonyl (C=O) groups is 1. The van der Waals surface area contributed by atoms with Crippen molar-refractivity contribution in [2.75, 3.05) is 7.11 Å². The first kappa shape index (κ1) is 8.33. The Morgan fingerprint density at radius 3 is 3.00 bits per heavy atom. The van der Waals surface area contributed by atoms with Crippen LogP contribution in [0.1, 0.15) is 10.7 Å². The second-order valence-corrected chi connectivity index (χ2v) is 3.00. The average molecular weight is 166 g/mol. The van der Waals surface area contributed by atoms with Crippen LogP contribution < -0.4 is 0 Å². The van der Waals surface area contributed by atoms with Crippen LogP contribution >= 0.6 is 11.3 Å². The molecule has 0 aliphatic rings. The third-order valence-corrected chi connectivity index (χ3v) is 2.26. The van der Waals surface area contributed by atoms with Crippen molar-refractivity contribution in [2.45, 2.75) is 5.82 Å². The van der Waals surface area contributed by atoms with Crippen molar-refractivity contribution in [2.24, 2.45) is 0 Å². The molecule has 2 nitrogen and oxygen atoms in total. The summed E-state index contributed by atoms with van der Waals surface area (Å²) < 4.78 is 4.48. The molecule has 0 aromatic carbocycles. The van der Waals surface area contributed by atoms with Gasteiger partial charge in [-0.2, -0.15) is 0 Å². The Kier molecular flexibility index (Phi) is 2.71. The van der Waals surface area contributed by atoms with Crippen LogP contribution in [0.2, 0.25) is 0 Å². The normalized spacial score (nSPS) is 12.5. The molecule has 2 radical (unpaired) electrons. The van der Waals surface area contributed by atoms with E-state index in [0.717, 1.165) is 4.88 Å². The first-order chi connectivity index (χ1) is 5.25. The fourth-order valence-corrected chi connectivity index (χ4v) is 1.43. The fourth-order valence-electron chi connectivity index (χ4n) is 0.711. The van der Waals surface area contributed by atoms with Crippen LogP contribution in [0.25, 0.3) is 0 Å². The van der Waals surface area contributed by atoms with Gasteiger partial charge in [0.1, 0.15) is 0 Å². The maximum atomic E-state index is 10.9. The van der Waals surface area contributed by atoms with E-state index in [4.69, 9.17) is 7.85 Å². The van der Waals surface area contributed by atoms with Gasteiger partial charge in [-0.25, -0.2) is 0 Å². The highest BCUT2D eigenvalue weighted by Crippen LogP contribution is 2.18. The fraction of sp³-hybridized carbons (Fsp3) is 0.286. The number of hydrogen-bond donors (Lipinski definition) is 0. The van der Waals surface area contributed by atoms with Gasteiger partial charge in [0.15, 0.2) is 0 Å². The Morgan fingerprint density at radius 1 is 1.82 bits per heavy atom. The second-order valence-electron chi connectivity index (χ2n) is 2.02. The van der Waals surface area contributed by atoms with E-state index < -0.39 is 11.8 Å². The topological polar surface area (TPSA) is 26.3 Å². The molecule has 1 aromatic heterocycles. The van der Waals surface area contributed by atoms with Crippen LogP contribution in [-0.2, 0) is 9.53 Å². The summed E-state index contributed by atoms with van der Waals surface area (Å²) >= 11 is 1.45. The van der Waals surface area contributed by atoms with Crippen molar-refractivity contribution in [1.82, 2.24) is 0 Å². The molecule has 0 fully saturated rings. The molecule has 0 aliphatic carbocycles.